The Morgan fingerprint density at radius 2 is 2.38 bits per heavy atom. The molecule has 4 nitrogen and oxygen atoms in total. The lowest BCUT2D eigenvalue weighted by molar-refractivity contribution is 0.103. The quantitative estimate of drug-likeness (QED) is 0.640. The average molecular weight is 280 g/mol. The molecule has 2 aromatic heterocycles. The second-order valence-corrected chi connectivity index (χ2v) is 4.01. The highest BCUT2D eigenvalue weighted by Crippen LogP contribution is 2.16. The summed E-state index contributed by atoms with van der Waals surface area (Å²) in [4.78, 5) is 16.1. The van der Waals surface area contributed by atoms with Crippen molar-refractivity contribution in [2.45, 2.75) is 13.5 Å². The van der Waals surface area contributed by atoms with E-state index >= 15 is 0 Å². The second kappa shape index (κ2) is 4.57. The van der Waals surface area contributed by atoms with Gasteiger partial charge in [0.05, 0.1) is 17.3 Å². The molecule has 2 heterocycles. The van der Waals surface area contributed by atoms with E-state index in [0.717, 1.165) is 6.54 Å². The Morgan fingerprint density at radius 3 is 3.00 bits per heavy atom. The van der Waals surface area contributed by atoms with Gasteiger partial charge in [0.2, 0.25) is 0 Å². The van der Waals surface area contributed by atoms with E-state index in [0.29, 0.717) is 15.7 Å². The number of aromatic nitrogens is 3. The number of hydrogen-bond acceptors (Lipinski definition) is 3. The maximum absolute atomic E-state index is 12.1. The number of hydrogen-bond donors (Lipinski definition) is 0. The molecule has 0 radical (unpaired) electrons. The van der Waals surface area contributed by atoms with E-state index in [1.165, 1.54) is 0 Å². The summed E-state index contributed by atoms with van der Waals surface area (Å²) in [7, 11) is 0. The number of carbonyl (C=O) groups excluding carboxylic acids is 1. The molecule has 0 unspecified atom stereocenters. The van der Waals surface area contributed by atoms with Crippen LogP contribution < -0.4 is 0 Å². The summed E-state index contributed by atoms with van der Waals surface area (Å²) in [5, 5.41) is 4.07. The summed E-state index contributed by atoms with van der Waals surface area (Å²) >= 11 is 3.26. The van der Waals surface area contributed by atoms with E-state index in [9.17, 15) is 4.79 Å². The molecule has 0 N–H and O–H groups in total. The predicted octanol–water partition coefficient (Wildman–Crippen LogP) is 2.29. The first kappa shape index (κ1) is 11.0. The average Bonchev–Trinajstić information content (AvgIpc) is 2.77. The maximum Gasteiger partial charge on any atom is 0.198 e. The molecule has 0 amide bonds. The van der Waals surface area contributed by atoms with Crippen LogP contribution in [-0.2, 0) is 6.54 Å². The predicted molar refractivity (Wildman–Crippen MR) is 63.3 cm³/mol. The molecule has 2 aromatic rings. The highest BCUT2D eigenvalue weighted by molar-refractivity contribution is 9.10. The molecule has 0 saturated carbocycles. The van der Waals surface area contributed by atoms with Crippen LogP contribution in [0.25, 0.3) is 0 Å². The summed E-state index contributed by atoms with van der Waals surface area (Å²) in [5.74, 6) is -0.0697. The molecule has 0 aliphatic carbocycles. The van der Waals surface area contributed by atoms with Crippen LogP contribution in [0.1, 0.15) is 22.8 Å². The third-order valence-electron chi connectivity index (χ3n) is 2.22. The molecule has 0 aliphatic heterocycles. The molecule has 16 heavy (non-hydrogen) atoms. The van der Waals surface area contributed by atoms with Gasteiger partial charge in [-0.25, -0.2) is 4.98 Å². The fraction of sp³-hybridized carbons (Fsp3) is 0.182. The minimum Gasteiger partial charge on any atom is -0.288 e. The lowest BCUT2D eigenvalue weighted by atomic mass is 10.1. The normalized spacial score (nSPS) is 10.4. The Morgan fingerprint density at radius 1 is 1.56 bits per heavy atom. The zero-order valence-corrected chi connectivity index (χ0v) is 10.3. The van der Waals surface area contributed by atoms with Crippen LogP contribution >= 0.6 is 15.9 Å². The molecule has 2 rings (SSSR count). The summed E-state index contributed by atoms with van der Waals surface area (Å²) < 4.78 is 2.28. The monoisotopic (exact) mass is 279 g/mol. The lowest BCUT2D eigenvalue weighted by Gasteiger charge is -1.99. The van der Waals surface area contributed by atoms with Gasteiger partial charge in [0.25, 0.3) is 0 Å². The van der Waals surface area contributed by atoms with Gasteiger partial charge in [-0.3, -0.25) is 9.48 Å². The van der Waals surface area contributed by atoms with Crippen LogP contribution in [0.3, 0.4) is 0 Å². The van der Waals surface area contributed by atoms with E-state index in [4.69, 9.17) is 0 Å². The number of rotatable bonds is 3. The number of ketones is 1. The van der Waals surface area contributed by atoms with Crippen LogP contribution in [0.5, 0.6) is 0 Å². The molecule has 0 saturated heterocycles. The molecule has 0 aliphatic rings. The number of carbonyl (C=O) groups is 1. The first-order chi connectivity index (χ1) is 7.72. The summed E-state index contributed by atoms with van der Waals surface area (Å²) in [6.45, 7) is 2.72. The first-order valence-corrected chi connectivity index (χ1v) is 5.69. The molecule has 0 atom stereocenters. The third-order valence-corrected chi connectivity index (χ3v) is 2.86. The Hall–Kier alpha value is -1.49. The van der Waals surface area contributed by atoms with Gasteiger partial charge in [0.15, 0.2) is 5.78 Å². The zero-order valence-electron chi connectivity index (χ0n) is 8.72. The largest absolute Gasteiger partial charge is 0.288 e. The van der Waals surface area contributed by atoms with Gasteiger partial charge >= 0.3 is 0 Å². The topological polar surface area (TPSA) is 47.8 Å². The van der Waals surface area contributed by atoms with Gasteiger partial charge in [-0.05, 0) is 35.0 Å². The van der Waals surface area contributed by atoms with Gasteiger partial charge in [-0.2, -0.15) is 5.10 Å². The van der Waals surface area contributed by atoms with E-state index < -0.39 is 0 Å². The van der Waals surface area contributed by atoms with Crippen LogP contribution in [0.2, 0.25) is 0 Å². The Labute approximate surface area is 101 Å². The van der Waals surface area contributed by atoms with Crippen molar-refractivity contribution in [3.05, 3.63) is 46.5 Å². The van der Waals surface area contributed by atoms with Crippen molar-refractivity contribution in [1.29, 1.82) is 0 Å². The van der Waals surface area contributed by atoms with Gasteiger partial charge in [0, 0.05) is 18.9 Å². The van der Waals surface area contributed by atoms with E-state index in [2.05, 4.69) is 26.0 Å². The SMILES string of the molecule is CCn1cc(C(=O)c2cccnc2Br)cn1. The molecule has 0 aromatic carbocycles. The molecule has 0 bridgehead atoms. The standard InChI is InChI=1S/C11H10BrN3O/c1-2-15-7-8(6-14-15)10(16)9-4-3-5-13-11(9)12/h3-7H,2H2,1H3. The van der Waals surface area contributed by atoms with Crippen LogP contribution in [-0.4, -0.2) is 20.5 Å². The fourth-order valence-electron chi connectivity index (χ4n) is 1.36. The fourth-order valence-corrected chi connectivity index (χ4v) is 1.80. The smallest absolute Gasteiger partial charge is 0.198 e. The summed E-state index contributed by atoms with van der Waals surface area (Å²) in [6, 6.07) is 3.48. The van der Waals surface area contributed by atoms with E-state index in [1.54, 1.807) is 35.4 Å². The molecule has 0 spiro atoms. The molecule has 82 valence electrons. The van der Waals surface area contributed by atoms with Crippen molar-refractivity contribution in [3.8, 4) is 0 Å². The van der Waals surface area contributed by atoms with Crippen LogP contribution in [0, 0.1) is 0 Å². The van der Waals surface area contributed by atoms with Crippen molar-refractivity contribution in [2.75, 3.05) is 0 Å². The number of nitrogens with zero attached hydrogens (tertiary/aromatic N) is 3. The van der Waals surface area contributed by atoms with Crippen molar-refractivity contribution in [3.63, 3.8) is 0 Å². The first-order valence-electron chi connectivity index (χ1n) is 4.90. The highest BCUT2D eigenvalue weighted by Gasteiger charge is 2.14. The lowest BCUT2D eigenvalue weighted by Crippen LogP contribution is -2.02. The molecular formula is C11H10BrN3O. The summed E-state index contributed by atoms with van der Waals surface area (Å²) in [6.07, 6.45) is 4.95. The van der Waals surface area contributed by atoms with E-state index in [-0.39, 0.29) is 5.78 Å². The maximum atomic E-state index is 12.1. The van der Waals surface area contributed by atoms with Crippen molar-refractivity contribution >= 4 is 21.7 Å². The molecule has 5 heteroatoms. The molecule has 0 fully saturated rings. The minimum atomic E-state index is -0.0697. The van der Waals surface area contributed by atoms with Crippen LogP contribution in [0.4, 0.5) is 0 Å². The van der Waals surface area contributed by atoms with E-state index in [1.807, 2.05) is 6.92 Å². The van der Waals surface area contributed by atoms with Crippen LogP contribution in [0.15, 0.2) is 35.3 Å². The zero-order chi connectivity index (χ0) is 11.5. The number of halogens is 1. The van der Waals surface area contributed by atoms with Crippen molar-refractivity contribution in [2.24, 2.45) is 0 Å². The van der Waals surface area contributed by atoms with Gasteiger partial charge in [-0.1, -0.05) is 0 Å². The number of pyridine rings is 1. The van der Waals surface area contributed by atoms with Crippen molar-refractivity contribution in [1.82, 2.24) is 14.8 Å². The Balaban J connectivity index is 2.35. The van der Waals surface area contributed by atoms with Gasteiger partial charge < -0.3 is 0 Å². The highest BCUT2D eigenvalue weighted by atomic mass is 79.9. The van der Waals surface area contributed by atoms with Gasteiger partial charge in [-0.15, -0.1) is 0 Å². The molecular weight excluding hydrogens is 270 g/mol. The second-order valence-electron chi connectivity index (χ2n) is 3.26. The minimum absolute atomic E-state index is 0.0697. The Bertz CT molecular complexity index is 521. The van der Waals surface area contributed by atoms with Crippen molar-refractivity contribution < 1.29 is 4.79 Å². The summed E-state index contributed by atoms with van der Waals surface area (Å²) in [5.41, 5.74) is 1.13. The number of aryl methyl sites for hydroxylation is 1. The third kappa shape index (κ3) is 2.04. The van der Waals surface area contributed by atoms with Gasteiger partial charge in [0.1, 0.15) is 4.60 Å². The Kier molecular flexibility index (Phi) is 3.14.